The van der Waals surface area contributed by atoms with Crippen molar-refractivity contribution in [2.24, 2.45) is 0 Å². The zero-order valence-corrected chi connectivity index (χ0v) is 12.8. The van der Waals surface area contributed by atoms with Gasteiger partial charge in [0.2, 0.25) is 5.88 Å². The quantitative estimate of drug-likeness (QED) is 0.739. The average Bonchev–Trinajstić information content (AvgIpc) is 3.01. The van der Waals surface area contributed by atoms with Crippen LogP contribution in [0.4, 0.5) is 0 Å². The molecule has 22 heavy (non-hydrogen) atoms. The van der Waals surface area contributed by atoms with Crippen LogP contribution in [0.25, 0.3) is 5.69 Å². The molecule has 0 fully saturated rings. The van der Waals surface area contributed by atoms with E-state index < -0.39 is 0 Å². The first kappa shape index (κ1) is 14.2. The van der Waals surface area contributed by atoms with Gasteiger partial charge in [0.25, 0.3) is 0 Å². The van der Waals surface area contributed by atoms with Crippen molar-refractivity contribution in [1.29, 1.82) is 0 Å². The van der Waals surface area contributed by atoms with E-state index in [1.165, 1.54) is 0 Å². The third kappa shape index (κ3) is 3.11. The Morgan fingerprint density at radius 1 is 1.14 bits per heavy atom. The summed E-state index contributed by atoms with van der Waals surface area (Å²) in [7, 11) is 0. The van der Waals surface area contributed by atoms with E-state index in [0.29, 0.717) is 11.6 Å². The lowest BCUT2D eigenvalue weighted by atomic mass is 10.2. The van der Waals surface area contributed by atoms with Gasteiger partial charge >= 0.3 is 0 Å². The van der Waals surface area contributed by atoms with Crippen molar-refractivity contribution in [3.63, 3.8) is 0 Å². The second kappa shape index (κ2) is 5.93. The molecule has 0 saturated carbocycles. The first-order chi connectivity index (χ1) is 10.6. The Morgan fingerprint density at radius 2 is 2.00 bits per heavy atom. The van der Waals surface area contributed by atoms with E-state index in [2.05, 4.69) is 34.1 Å². The molecule has 0 atom stereocenters. The van der Waals surface area contributed by atoms with Gasteiger partial charge in [0.15, 0.2) is 0 Å². The van der Waals surface area contributed by atoms with Crippen molar-refractivity contribution < 1.29 is 4.74 Å². The molecule has 3 aromatic rings. The molecule has 0 aliphatic heterocycles. The highest BCUT2D eigenvalue weighted by molar-refractivity contribution is 5.39. The largest absolute Gasteiger partial charge is 0.439 e. The van der Waals surface area contributed by atoms with Gasteiger partial charge in [-0.25, -0.2) is 9.67 Å². The monoisotopic (exact) mass is 295 g/mol. The Morgan fingerprint density at radius 3 is 2.73 bits per heavy atom. The second-order valence-corrected chi connectivity index (χ2v) is 5.31. The summed E-state index contributed by atoms with van der Waals surface area (Å²) in [5.74, 6) is 2.28. The number of hydrogen-bond donors (Lipinski definition) is 0. The molecule has 0 spiro atoms. The van der Waals surface area contributed by atoms with Gasteiger partial charge in [-0.05, 0) is 19.1 Å². The standard InChI is InChI=1S/C16H17N5O/c1-11(2)16-18-12(3)9-15(19-16)22-14-6-4-5-13(10-14)21-8-7-17-20-21/h4-11H,1-3H3. The molecule has 0 radical (unpaired) electrons. The lowest BCUT2D eigenvalue weighted by Crippen LogP contribution is -2.01. The molecule has 0 bridgehead atoms. The van der Waals surface area contributed by atoms with Crippen LogP contribution in [0.15, 0.2) is 42.7 Å². The van der Waals surface area contributed by atoms with Crippen LogP contribution in [-0.4, -0.2) is 25.0 Å². The summed E-state index contributed by atoms with van der Waals surface area (Å²) in [5.41, 5.74) is 1.77. The molecule has 0 amide bonds. The molecule has 6 heteroatoms. The predicted molar refractivity (Wildman–Crippen MR) is 82.3 cm³/mol. The Kier molecular flexibility index (Phi) is 3.82. The van der Waals surface area contributed by atoms with Crippen LogP contribution >= 0.6 is 0 Å². The van der Waals surface area contributed by atoms with Crippen molar-refractivity contribution in [3.05, 3.63) is 54.2 Å². The summed E-state index contributed by atoms with van der Waals surface area (Å²) in [6.07, 6.45) is 3.42. The summed E-state index contributed by atoms with van der Waals surface area (Å²) in [4.78, 5) is 8.87. The Hall–Kier alpha value is -2.76. The summed E-state index contributed by atoms with van der Waals surface area (Å²) in [6, 6.07) is 9.44. The van der Waals surface area contributed by atoms with E-state index in [1.54, 1.807) is 17.1 Å². The van der Waals surface area contributed by atoms with Gasteiger partial charge in [-0.15, -0.1) is 5.10 Å². The SMILES string of the molecule is Cc1cc(Oc2cccc(-n3ccnn3)c2)nc(C(C)C)n1. The summed E-state index contributed by atoms with van der Waals surface area (Å²) in [5, 5.41) is 7.78. The number of rotatable bonds is 4. The molecule has 6 nitrogen and oxygen atoms in total. The van der Waals surface area contributed by atoms with Crippen LogP contribution in [0.5, 0.6) is 11.6 Å². The lowest BCUT2D eigenvalue weighted by Gasteiger charge is -2.10. The lowest BCUT2D eigenvalue weighted by molar-refractivity contribution is 0.455. The highest BCUT2D eigenvalue weighted by Crippen LogP contribution is 2.23. The van der Waals surface area contributed by atoms with Crippen molar-refractivity contribution in [2.75, 3.05) is 0 Å². The van der Waals surface area contributed by atoms with Crippen molar-refractivity contribution >= 4 is 0 Å². The van der Waals surface area contributed by atoms with Gasteiger partial charge in [-0.3, -0.25) is 0 Å². The maximum Gasteiger partial charge on any atom is 0.222 e. The van der Waals surface area contributed by atoms with Crippen molar-refractivity contribution in [2.45, 2.75) is 26.7 Å². The van der Waals surface area contributed by atoms with Gasteiger partial charge < -0.3 is 4.74 Å². The minimum Gasteiger partial charge on any atom is -0.439 e. The molecule has 2 aromatic heterocycles. The van der Waals surface area contributed by atoms with Gasteiger partial charge in [0.05, 0.1) is 18.1 Å². The van der Waals surface area contributed by atoms with Gasteiger partial charge in [0.1, 0.15) is 11.6 Å². The van der Waals surface area contributed by atoms with Crippen molar-refractivity contribution in [1.82, 2.24) is 25.0 Å². The molecular formula is C16H17N5O. The maximum atomic E-state index is 5.88. The first-order valence-electron chi connectivity index (χ1n) is 7.12. The van der Waals surface area contributed by atoms with Gasteiger partial charge in [0, 0.05) is 23.7 Å². The number of aryl methyl sites for hydroxylation is 1. The molecule has 3 rings (SSSR count). The van der Waals surface area contributed by atoms with E-state index in [1.807, 2.05) is 37.3 Å². The molecule has 0 aliphatic carbocycles. The zero-order chi connectivity index (χ0) is 15.5. The smallest absolute Gasteiger partial charge is 0.222 e. The van der Waals surface area contributed by atoms with Crippen LogP contribution < -0.4 is 4.74 Å². The maximum absolute atomic E-state index is 5.88. The number of ether oxygens (including phenoxy) is 1. The summed E-state index contributed by atoms with van der Waals surface area (Å²) in [6.45, 7) is 6.06. The normalized spacial score (nSPS) is 10.9. The molecule has 2 heterocycles. The van der Waals surface area contributed by atoms with E-state index in [-0.39, 0.29) is 5.92 Å². The molecule has 0 saturated heterocycles. The van der Waals surface area contributed by atoms with E-state index in [9.17, 15) is 0 Å². The number of nitrogens with zero attached hydrogens (tertiary/aromatic N) is 5. The number of benzene rings is 1. The average molecular weight is 295 g/mol. The fourth-order valence-corrected chi connectivity index (χ4v) is 2.03. The first-order valence-corrected chi connectivity index (χ1v) is 7.12. The Labute approximate surface area is 128 Å². The zero-order valence-electron chi connectivity index (χ0n) is 12.8. The third-order valence-electron chi connectivity index (χ3n) is 3.09. The number of aromatic nitrogens is 5. The fourth-order valence-electron chi connectivity index (χ4n) is 2.03. The minimum atomic E-state index is 0.253. The van der Waals surface area contributed by atoms with Crippen LogP contribution in [0.3, 0.4) is 0 Å². The molecule has 112 valence electrons. The Bertz CT molecular complexity index is 768. The van der Waals surface area contributed by atoms with Crippen LogP contribution in [0.1, 0.15) is 31.3 Å². The topological polar surface area (TPSA) is 65.7 Å². The van der Waals surface area contributed by atoms with Crippen LogP contribution in [0, 0.1) is 6.92 Å². The number of hydrogen-bond acceptors (Lipinski definition) is 5. The van der Waals surface area contributed by atoms with Gasteiger partial charge in [-0.1, -0.05) is 25.1 Å². The highest BCUT2D eigenvalue weighted by Gasteiger charge is 2.08. The summed E-state index contributed by atoms with van der Waals surface area (Å²) >= 11 is 0. The molecule has 1 aromatic carbocycles. The third-order valence-corrected chi connectivity index (χ3v) is 3.09. The Balaban J connectivity index is 1.89. The molecule has 0 N–H and O–H groups in total. The van der Waals surface area contributed by atoms with E-state index in [4.69, 9.17) is 4.74 Å². The van der Waals surface area contributed by atoms with Crippen LogP contribution in [-0.2, 0) is 0 Å². The van der Waals surface area contributed by atoms with Gasteiger partial charge in [-0.2, -0.15) is 4.98 Å². The van der Waals surface area contributed by atoms with Crippen LogP contribution in [0.2, 0.25) is 0 Å². The summed E-state index contributed by atoms with van der Waals surface area (Å²) < 4.78 is 7.55. The minimum absolute atomic E-state index is 0.253. The fraction of sp³-hybridized carbons (Fsp3) is 0.250. The molecule has 0 unspecified atom stereocenters. The second-order valence-electron chi connectivity index (χ2n) is 5.31. The predicted octanol–water partition coefficient (Wildman–Crippen LogP) is 3.28. The van der Waals surface area contributed by atoms with Crippen molar-refractivity contribution in [3.8, 4) is 17.3 Å². The van der Waals surface area contributed by atoms with E-state index in [0.717, 1.165) is 17.2 Å². The molecular weight excluding hydrogens is 278 g/mol. The van der Waals surface area contributed by atoms with E-state index >= 15 is 0 Å². The highest BCUT2D eigenvalue weighted by atomic mass is 16.5. The molecule has 0 aliphatic rings.